The fraction of sp³-hybridized carbons (Fsp3) is 0.207. The monoisotopic (exact) mass is 543 g/mol. The van der Waals surface area contributed by atoms with Gasteiger partial charge in [0.2, 0.25) is 11.1 Å². The van der Waals surface area contributed by atoms with Crippen molar-refractivity contribution in [3.05, 3.63) is 95.2 Å². The number of carbonyl (C=O) groups is 1. The van der Waals surface area contributed by atoms with Gasteiger partial charge >= 0.3 is 0 Å². The van der Waals surface area contributed by atoms with Crippen LogP contribution >= 0.6 is 11.8 Å². The first-order chi connectivity index (χ1) is 19.0. The molecule has 9 nitrogen and oxygen atoms in total. The van der Waals surface area contributed by atoms with Crippen LogP contribution in [-0.2, 0) is 10.5 Å². The zero-order valence-electron chi connectivity index (χ0n) is 22.1. The Bertz CT molecular complexity index is 1520. The van der Waals surface area contributed by atoms with Crippen LogP contribution in [0.3, 0.4) is 0 Å². The van der Waals surface area contributed by atoms with Crippen molar-refractivity contribution in [3.8, 4) is 17.2 Å². The number of allylic oxidation sites excluding steroid dienone is 1. The van der Waals surface area contributed by atoms with E-state index >= 15 is 0 Å². The van der Waals surface area contributed by atoms with Crippen LogP contribution in [-0.4, -0.2) is 42.0 Å². The molecule has 0 aliphatic carbocycles. The highest BCUT2D eigenvalue weighted by atomic mass is 32.2. The van der Waals surface area contributed by atoms with Gasteiger partial charge in [0.1, 0.15) is 11.8 Å². The average molecular weight is 544 g/mol. The van der Waals surface area contributed by atoms with Crippen LogP contribution in [0.15, 0.2) is 89.2 Å². The van der Waals surface area contributed by atoms with Gasteiger partial charge in [-0.1, -0.05) is 60.3 Å². The van der Waals surface area contributed by atoms with E-state index in [-0.39, 0.29) is 5.91 Å². The van der Waals surface area contributed by atoms with E-state index in [0.29, 0.717) is 45.3 Å². The lowest BCUT2D eigenvalue weighted by Gasteiger charge is -2.29. The number of hydrogen-bond acceptors (Lipinski definition) is 8. The number of carbonyl (C=O) groups excluding carboxylic acids is 1. The van der Waals surface area contributed by atoms with Crippen molar-refractivity contribution < 1.29 is 19.0 Å². The third-order valence-electron chi connectivity index (χ3n) is 6.37. The Morgan fingerprint density at radius 1 is 0.949 bits per heavy atom. The number of benzene rings is 3. The van der Waals surface area contributed by atoms with Crippen LogP contribution in [0.5, 0.6) is 17.2 Å². The van der Waals surface area contributed by atoms with E-state index in [9.17, 15) is 4.79 Å². The molecule has 3 aromatic carbocycles. The summed E-state index contributed by atoms with van der Waals surface area (Å²) in [6, 6.07) is 22.5. The second kappa shape index (κ2) is 11.5. The van der Waals surface area contributed by atoms with Crippen LogP contribution in [0.4, 0.5) is 11.6 Å². The Morgan fingerprint density at radius 2 is 1.67 bits per heavy atom. The van der Waals surface area contributed by atoms with Crippen molar-refractivity contribution in [1.29, 1.82) is 0 Å². The summed E-state index contributed by atoms with van der Waals surface area (Å²) in [4.78, 5) is 18.6. The van der Waals surface area contributed by atoms with E-state index in [1.54, 1.807) is 38.1 Å². The maximum Gasteiger partial charge on any atom is 0.255 e. The third-order valence-corrected chi connectivity index (χ3v) is 7.28. The molecule has 1 atom stereocenters. The summed E-state index contributed by atoms with van der Waals surface area (Å²) < 4.78 is 18.2. The second-order valence-electron chi connectivity index (χ2n) is 8.77. The van der Waals surface area contributed by atoms with Crippen molar-refractivity contribution in [1.82, 2.24) is 14.8 Å². The summed E-state index contributed by atoms with van der Waals surface area (Å²) >= 11 is 1.53. The number of methoxy groups -OCH3 is 3. The lowest BCUT2D eigenvalue weighted by Crippen LogP contribution is -2.31. The minimum absolute atomic E-state index is 0.288. The van der Waals surface area contributed by atoms with Gasteiger partial charge in [-0.2, -0.15) is 4.98 Å². The van der Waals surface area contributed by atoms with Gasteiger partial charge in [0.05, 0.1) is 32.6 Å². The number of para-hydroxylation sites is 2. The molecule has 0 spiro atoms. The van der Waals surface area contributed by atoms with Gasteiger partial charge in [-0.3, -0.25) is 4.79 Å². The van der Waals surface area contributed by atoms with Crippen molar-refractivity contribution in [2.75, 3.05) is 32.0 Å². The van der Waals surface area contributed by atoms with Crippen molar-refractivity contribution in [3.63, 3.8) is 0 Å². The maximum atomic E-state index is 13.8. The first-order valence-corrected chi connectivity index (χ1v) is 13.3. The molecule has 0 bridgehead atoms. The van der Waals surface area contributed by atoms with E-state index in [2.05, 4.69) is 22.8 Å². The molecule has 4 aromatic rings. The smallest absolute Gasteiger partial charge is 0.255 e. The number of anilines is 2. The number of fused-ring (bicyclic) bond motifs is 1. The molecule has 0 fully saturated rings. The lowest BCUT2D eigenvalue weighted by molar-refractivity contribution is -0.113. The SMILES string of the molecule is COc1ccccc1NC(=O)C1=C(C)Nc2nc(SCc3ccccc3)nn2C1c1ccc(OC)c(OC)c1. The van der Waals surface area contributed by atoms with Crippen LogP contribution in [0.1, 0.15) is 24.1 Å². The van der Waals surface area contributed by atoms with Gasteiger partial charge in [-0.05, 0) is 42.3 Å². The first-order valence-electron chi connectivity index (χ1n) is 12.3. The van der Waals surface area contributed by atoms with Crippen LogP contribution < -0.4 is 24.8 Å². The Balaban J connectivity index is 1.54. The summed E-state index contributed by atoms with van der Waals surface area (Å²) in [5.41, 5.74) is 3.70. The minimum Gasteiger partial charge on any atom is -0.495 e. The Labute approximate surface area is 231 Å². The summed E-state index contributed by atoms with van der Waals surface area (Å²) in [6.07, 6.45) is 0. The molecule has 1 amide bonds. The Morgan fingerprint density at radius 3 is 2.41 bits per heavy atom. The molecule has 0 radical (unpaired) electrons. The van der Waals surface area contributed by atoms with Gasteiger partial charge in [0.15, 0.2) is 11.5 Å². The summed E-state index contributed by atoms with van der Waals surface area (Å²) in [6.45, 7) is 1.86. The zero-order chi connectivity index (χ0) is 27.4. The first kappa shape index (κ1) is 26.2. The highest BCUT2D eigenvalue weighted by molar-refractivity contribution is 7.98. The minimum atomic E-state index is -0.575. The number of nitrogens with one attached hydrogen (secondary N) is 2. The maximum absolute atomic E-state index is 13.8. The van der Waals surface area contributed by atoms with Gasteiger partial charge in [-0.25, -0.2) is 4.68 Å². The Hall–Kier alpha value is -4.44. The summed E-state index contributed by atoms with van der Waals surface area (Å²) in [5.74, 6) is 2.70. The molecule has 200 valence electrons. The normalized spacial score (nSPS) is 14.3. The highest BCUT2D eigenvalue weighted by Crippen LogP contribution is 2.40. The fourth-order valence-electron chi connectivity index (χ4n) is 4.48. The summed E-state index contributed by atoms with van der Waals surface area (Å²) in [7, 11) is 4.74. The molecular weight excluding hydrogens is 514 g/mol. The lowest BCUT2D eigenvalue weighted by atomic mass is 9.94. The van der Waals surface area contributed by atoms with Crippen molar-refractivity contribution >= 4 is 29.3 Å². The summed E-state index contributed by atoms with van der Waals surface area (Å²) in [5, 5.41) is 11.7. The zero-order valence-corrected chi connectivity index (χ0v) is 22.9. The molecule has 5 rings (SSSR count). The number of hydrogen-bond donors (Lipinski definition) is 2. The van der Waals surface area contributed by atoms with Crippen LogP contribution in [0.2, 0.25) is 0 Å². The van der Waals surface area contributed by atoms with E-state index in [0.717, 1.165) is 11.3 Å². The third kappa shape index (κ3) is 5.42. The number of ether oxygens (including phenoxy) is 3. The van der Waals surface area contributed by atoms with Crippen molar-refractivity contribution in [2.24, 2.45) is 0 Å². The number of aromatic nitrogens is 3. The molecule has 1 aliphatic heterocycles. The van der Waals surface area contributed by atoms with Gasteiger partial charge < -0.3 is 24.8 Å². The van der Waals surface area contributed by atoms with E-state index in [4.69, 9.17) is 24.3 Å². The van der Waals surface area contributed by atoms with Crippen LogP contribution in [0, 0.1) is 0 Å². The number of nitrogens with zero attached hydrogens (tertiary/aromatic N) is 3. The molecule has 2 heterocycles. The molecule has 39 heavy (non-hydrogen) atoms. The number of amides is 1. The number of thioether (sulfide) groups is 1. The fourth-order valence-corrected chi connectivity index (χ4v) is 5.26. The van der Waals surface area contributed by atoms with E-state index in [1.807, 2.05) is 55.5 Å². The molecule has 1 aromatic heterocycles. The van der Waals surface area contributed by atoms with Crippen molar-refractivity contribution in [2.45, 2.75) is 23.9 Å². The standard InChI is InChI=1S/C29H29N5O4S/c1-18-25(27(35)31-21-12-8-9-13-22(21)36-2)26(20-14-15-23(37-3)24(16-20)38-4)34-28(30-18)32-29(33-34)39-17-19-10-6-5-7-11-19/h5-16,26H,17H2,1-4H3,(H,31,35)(H,30,32,33). The topological polar surface area (TPSA) is 99.5 Å². The molecule has 0 saturated heterocycles. The predicted molar refractivity (Wildman–Crippen MR) is 152 cm³/mol. The molecule has 1 unspecified atom stereocenters. The van der Waals surface area contributed by atoms with Gasteiger partial charge in [-0.15, -0.1) is 5.10 Å². The molecular formula is C29H29N5O4S. The van der Waals surface area contributed by atoms with E-state index in [1.165, 1.54) is 17.3 Å². The largest absolute Gasteiger partial charge is 0.495 e. The average Bonchev–Trinajstić information content (AvgIpc) is 3.38. The molecule has 10 heteroatoms. The second-order valence-corrected chi connectivity index (χ2v) is 9.71. The highest BCUT2D eigenvalue weighted by Gasteiger charge is 2.35. The van der Waals surface area contributed by atoms with E-state index < -0.39 is 6.04 Å². The van der Waals surface area contributed by atoms with Gasteiger partial charge in [0.25, 0.3) is 5.91 Å². The molecule has 1 aliphatic rings. The Kier molecular flexibility index (Phi) is 7.74. The number of rotatable bonds is 9. The quantitative estimate of drug-likeness (QED) is 0.266. The van der Waals surface area contributed by atoms with Gasteiger partial charge in [0, 0.05) is 11.4 Å². The predicted octanol–water partition coefficient (Wildman–Crippen LogP) is 5.52. The van der Waals surface area contributed by atoms with Crippen LogP contribution in [0.25, 0.3) is 0 Å². The molecule has 2 N–H and O–H groups in total. The molecule has 0 saturated carbocycles.